The maximum atomic E-state index is 12.8. The van der Waals surface area contributed by atoms with Crippen molar-refractivity contribution in [2.75, 3.05) is 0 Å². The van der Waals surface area contributed by atoms with Gasteiger partial charge in [0.25, 0.3) is 0 Å². The normalized spacial score (nSPS) is 34.3. The van der Waals surface area contributed by atoms with Crippen LogP contribution in [0.3, 0.4) is 0 Å². The number of nitrogens with one attached hydrogen (secondary N) is 1. The zero-order valence-corrected chi connectivity index (χ0v) is 13.4. The molecule has 0 aromatic rings. The predicted molar refractivity (Wildman–Crippen MR) is 79.1 cm³/mol. The van der Waals surface area contributed by atoms with Crippen LogP contribution >= 0.6 is 0 Å². The molecule has 0 radical (unpaired) electrons. The van der Waals surface area contributed by atoms with Crippen molar-refractivity contribution in [3.05, 3.63) is 0 Å². The van der Waals surface area contributed by atoms with E-state index in [0.29, 0.717) is 0 Å². The van der Waals surface area contributed by atoms with Crippen LogP contribution in [0.25, 0.3) is 0 Å². The molecule has 2 aliphatic rings. The van der Waals surface area contributed by atoms with Crippen LogP contribution in [-0.4, -0.2) is 34.3 Å². The Morgan fingerprint density at radius 3 is 2.20 bits per heavy atom. The lowest BCUT2D eigenvalue weighted by molar-refractivity contribution is -0.159. The zero-order valence-electron chi connectivity index (χ0n) is 13.4. The Labute approximate surface area is 122 Å². The van der Waals surface area contributed by atoms with E-state index in [2.05, 4.69) is 12.2 Å². The molecule has 2 fully saturated rings. The summed E-state index contributed by atoms with van der Waals surface area (Å²) in [7, 11) is 0. The molecule has 1 N–H and O–H groups in total. The fourth-order valence-corrected chi connectivity index (χ4v) is 3.55. The Morgan fingerprint density at radius 2 is 1.70 bits per heavy atom. The Balaban J connectivity index is 2.28. The average molecular weight is 280 g/mol. The number of amides is 2. The molecule has 114 valence electrons. The Morgan fingerprint density at radius 1 is 1.15 bits per heavy atom. The molecule has 0 aromatic carbocycles. The highest BCUT2D eigenvalue weighted by Gasteiger charge is 2.48. The summed E-state index contributed by atoms with van der Waals surface area (Å²) in [5.41, 5.74) is -0.772. The van der Waals surface area contributed by atoms with E-state index in [1.54, 1.807) is 0 Å². The molecule has 1 atom stereocenters. The average Bonchev–Trinajstić information content (AvgIpc) is 2.33. The van der Waals surface area contributed by atoms with E-state index in [1.807, 2.05) is 32.6 Å². The molecular formula is C16H28N2O2. The highest BCUT2D eigenvalue weighted by atomic mass is 16.2. The molecule has 0 spiro atoms. The monoisotopic (exact) mass is 280 g/mol. The Kier molecular flexibility index (Phi) is 4.12. The lowest BCUT2D eigenvalue weighted by Crippen LogP contribution is -2.71. The first-order valence-corrected chi connectivity index (χ1v) is 7.89. The van der Waals surface area contributed by atoms with E-state index in [0.717, 1.165) is 31.6 Å². The van der Waals surface area contributed by atoms with Gasteiger partial charge in [0, 0.05) is 6.04 Å². The smallest absolute Gasteiger partial charge is 0.248 e. The van der Waals surface area contributed by atoms with Gasteiger partial charge in [-0.3, -0.25) is 9.59 Å². The molecule has 2 rings (SSSR count). The number of nitrogens with zero attached hydrogens (tertiary/aromatic N) is 1. The molecular weight excluding hydrogens is 252 g/mol. The van der Waals surface area contributed by atoms with Crippen LogP contribution in [-0.2, 0) is 9.59 Å². The molecule has 1 unspecified atom stereocenters. The van der Waals surface area contributed by atoms with Crippen molar-refractivity contribution in [2.24, 2.45) is 11.8 Å². The maximum absolute atomic E-state index is 12.8. The van der Waals surface area contributed by atoms with E-state index in [9.17, 15) is 9.59 Å². The second-order valence-electron chi connectivity index (χ2n) is 7.43. The van der Waals surface area contributed by atoms with Crippen LogP contribution < -0.4 is 5.32 Å². The first-order valence-electron chi connectivity index (χ1n) is 7.89. The first-order chi connectivity index (χ1) is 9.24. The van der Waals surface area contributed by atoms with E-state index in [1.165, 1.54) is 0 Å². The number of hydrogen-bond donors (Lipinski definition) is 1. The molecule has 4 nitrogen and oxygen atoms in total. The summed E-state index contributed by atoms with van der Waals surface area (Å²) >= 11 is 0. The fourth-order valence-electron chi connectivity index (χ4n) is 3.55. The predicted octanol–water partition coefficient (Wildman–Crippen LogP) is 2.33. The molecule has 4 heteroatoms. The van der Waals surface area contributed by atoms with Gasteiger partial charge >= 0.3 is 0 Å². The Hall–Kier alpha value is -1.06. The van der Waals surface area contributed by atoms with Crippen LogP contribution in [0.2, 0.25) is 0 Å². The maximum Gasteiger partial charge on any atom is 0.248 e. The summed E-state index contributed by atoms with van der Waals surface area (Å²) in [4.78, 5) is 27.1. The summed E-state index contributed by atoms with van der Waals surface area (Å²) in [5.74, 6) is 0.971. The summed E-state index contributed by atoms with van der Waals surface area (Å²) < 4.78 is 0. The topological polar surface area (TPSA) is 49.4 Å². The molecule has 1 aliphatic heterocycles. The summed E-state index contributed by atoms with van der Waals surface area (Å²) in [6, 6.07) is -0.0784. The van der Waals surface area contributed by atoms with Gasteiger partial charge in [-0.2, -0.15) is 0 Å². The highest BCUT2D eigenvalue weighted by molar-refractivity contribution is 5.99. The summed E-state index contributed by atoms with van der Waals surface area (Å²) in [6.07, 6.45) is 4.36. The lowest BCUT2D eigenvalue weighted by Gasteiger charge is -2.49. The van der Waals surface area contributed by atoms with Crippen LogP contribution in [0.4, 0.5) is 0 Å². The van der Waals surface area contributed by atoms with Gasteiger partial charge in [-0.05, 0) is 51.4 Å². The van der Waals surface area contributed by atoms with E-state index in [4.69, 9.17) is 0 Å². The van der Waals surface area contributed by atoms with Gasteiger partial charge in [0.1, 0.15) is 11.6 Å². The van der Waals surface area contributed by atoms with Crippen molar-refractivity contribution < 1.29 is 9.59 Å². The van der Waals surface area contributed by atoms with Crippen LogP contribution in [0.1, 0.15) is 60.3 Å². The van der Waals surface area contributed by atoms with Crippen LogP contribution in [0, 0.1) is 11.8 Å². The second kappa shape index (κ2) is 5.38. The summed E-state index contributed by atoms with van der Waals surface area (Å²) in [6.45, 7) is 9.93. The molecule has 0 aromatic heterocycles. The third-order valence-electron chi connectivity index (χ3n) is 4.78. The minimum Gasteiger partial charge on any atom is -0.340 e. The molecule has 1 heterocycles. The van der Waals surface area contributed by atoms with Crippen molar-refractivity contribution >= 4 is 11.8 Å². The van der Waals surface area contributed by atoms with Gasteiger partial charge in [0.15, 0.2) is 0 Å². The molecule has 1 saturated carbocycles. The molecule has 0 bridgehead atoms. The van der Waals surface area contributed by atoms with E-state index in [-0.39, 0.29) is 29.8 Å². The summed E-state index contributed by atoms with van der Waals surface area (Å²) in [5, 5.41) is 2.88. The van der Waals surface area contributed by atoms with Crippen molar-refractivity contribution in [2.45, 2.75) is 77.9 Å². The third-order valence-corrected chi connectivity index (χ3v) is 4.78. The minimum absolute atomic E-state index is 0.00298. The largest absolute Gasteiger partial charge is 0.340 e. The van der Waals surface area contributed by atoms with Gasteiger partial charge in [-0.25, -0.2) is 0 Å². The molecule has 20 heavy (non-hydrogen) atoms. The second-order valence-corrected chi connectivity index (χ2v) is 7.43. The number of hydrogen-bond acceptors (Lipinski definition) is 2. The Bertz CT molecular complexity index is 395. The zero-order chi connectivity index (χ0) is 15.1. The fraction of sp³-hybridized carbons (Fsp3) is 0.875. The quantitative estimate of drug-likeness (QED) is 0.844. The lowest BCUT2D eigenvalue weighted by atomic mass is 9.82. The van der Waals surface area contributed by atoms with Crippen LogP contribution in [0.5, 0.6) is 0 Å². The van der Waals surface area contributed by atoms with Crippen molar-refractivity contribution in [3.63, 3.8) is 0 Å². The van der Waals surface area contributed by atoms with Gasteiger partial charge in [-0.1, -0.05) is 20.8 Å². The molecule has 2 amide bonds. The number of carbonyl (C=O) groups is 2. The standard InChI is InChI=1S/C16H28N2O2/c1-10(2)13-14(19)17-16(4,5)15(20)18(13)12-8-6-11(3)7-9-12/h10-13H,6-9H2,1-5H3,(H,17,19). The first kappa shape index (κ1) is 15.3. The van der Waals surface area contributed by atoms with E-state index >= 15 is 0 Å². The number of carbonyl (C=O) groups excluding carboxylic acids is 2. The number of rotatable bonds is 2. The van der Waals surface area contributed by atoms with Crippen molar-refractivity contribution in [1.82, 2.24) is 10.2 Å². The molecule has 1 aliphatic carbocycles. The minimum atomic E-state index is -0.772. The third kappa shape index (κ3) is 2.70. The van der Waals surface area contributed by atoms with Gasteiger partial charge in [0.2, 0.25) is 11.8 Å². The van der Waals surface area contributed by atoms with Crippen LogP contribution in [0.15, 0.2) is 0 Å². The number of piperazine rings is 1. The van der Waals surface area contributed by atoms with Gasteiger partial charge < -0.3 is 10.2 Å². The van der Waals surface area contributed by atoms with E-state index < -0.39 is 5.54 Å². The SMILES string of the molecule is CC1CCC(N2C(=O)C(C)(C)NC(=O)C2C(C)C)CC1. The molecule has 1 saturated heterocycles. The van der Waals surface area contributed by atoms with Crippen molar-refractivity contribution in [3.8, 4) is 0 Å². The highest BCUT2D eigenvalue weighted by Crippen LogP contribution is 2.33. The van der Waals surface area contributed by atoms with Crippen molar-refractivity contribution in [1.29, 1.82) is 0 Å². The van der Waals surface area contributed by atoms with Gasteiger partial charge in [0.05, 0.1) is 0 Å². The van der Waals surface area contributed by atoms with Gasteiger partial charge in [-0.15, -0.1) is 0 Å².